The first-order valence-electron chi connectivity index (χ1n) is 4.27. The molecule has 16 heavy (non-hydrogen) atoms. The van der Waals surface area contributed by atoms with Crippen molar-refractivity contribution < 1.29 is 13.2 Å². The Balaban J connectivity index is 2.89. The van der Waals surface area contributed by atoms with E-state index in [9.17, 15) is 13.2 Å². The minimum absolute atomic E-state index is 0.243. The number of halogens is 5. The lowest BCUT2D eigenvalue weighted by atomic mass is 10.4. The first kappa shape index (κ1) is 13.9. The predicted molar refractivity (Wildman–Crippen MR) is 66.8 cm³/mol. The molecule has 0 aliphatic heterocycles. The van der Waals surface area contributed by atoms with Crippen LogP contribution in [0.5, 0.6) is 0 Å². The molecule has 8 heteroatoms. The minimum atomic E-state index is -4.24. The van der Waals surface area contributed by atoms with Gasteiger partial charge in [-0.15, -0.1) is 0 Å². The van der Waals surface area contributed by atoms with Gasteiger partial charge in [0.1, 0.15) is 18.7 Å². The smallest absolute Gasteiger partial charge is 0.346 e. The topological polar surface area (TPSA) is 29.0 Å². The van der Waals surface area contributed by atoms with Crippen LogP contribution in [0.4, 0.5) is 19.0 Å². The molecular weight excluding hydrogens is 402 g/mol. The highest BCUT2D eigenvalue weighted by Crippen LogP contribution is 2.23. The third-order valence-electron chi connectivity index (χ3n) is 1.67. The van der Waals surface area contributed by atoms with Gasteiger partial charge in [0.25, 0.3) is 0 Å². The molecule has 0 aliphatic rings. The van der Waals surface area contributed by atoms with Crippen LogP contribution >= 0.6 is 38.5 Å². The molecule has 0 amide bonds. The highest BCUT2D eigenvalue weighted by Gasteiger charge is 2.31. The summed E-state index contributed by atoms with van der Waals surface area (Å²) in [7, 11) is 0. The van der Waals surface area contributed by atoms with Crippen LogP contribution in [0.1, 0.15) is 0 Å². The lowest BCUT2D eigenvalue weighted by Crippen LogP contribution is -2.36. The van der Waals surface area contributed by atoms with Crippen LogP contribution < -0.4 is 4.90 Å². The molecule has 0 spiro atoms. The second-order valence-corrected chi connectivity index (χ2v) is 4.88. The fourth-order valence-corrected chi connectivity index (χ4v) is 2.19. The van der Waals surface area contributed by atoms with E-state index in [0.717, 1.165) is 0 Å². The third kappa shape index (κ3) is 4.40. The molecule has 1 heterocycles. The van der Waals surface area contributed by atoms with Crippen molar-refractivity contribution in [2.45, 2.75) is 6.18 Å². The Morgan fingerprint density at radius 3 is 2.62 bits per heavy atom. The fraction of sp³-hybridized carbons (Fsp3) is 0.500. The highest BCUT2D eigenvalue weighted by atomic mass is 127. The SMILES string of the molecule is FC(F)(F)CN(CCBr)c1ncncc1I. The molecule has 1 aromatic heterocycles. The van der Waals surface area contributed by atoms with Gasteiger partial charge in [0, 0.05) is 18.1 Å². The molecule has 0 atom stereocenters. The summed E-state index contributed by atoms with van der Waals surface area (Å²) in [6.07, 6.45) is -1.51. The Hall–Kier alpha value is -0.120. The molecule has 1 rings (SSSR count). The van der Waals surface area contributed by atoms with E-state index in [0.29, 0.717) is 14.7 Å². The lowest BCUT2D eigenvalue weighted by molar-refractivity contribution is -0.119. The summed E-state index contributed by atoms with van der Waals surface area (Å²) in [5.41, 5.74) is 0. The van der Waals surface area contributed by atoms with E-state index >= 15 is 0 Å². The Morgan fingerprint density at radius 2 is 2.12 bits per heavy atom. The van der Waals surface area contributed by atoms with Gasteiger partial charge in [-0.05, 0) is 22.6 Å². The van der Waals surface area contributed by atoms with E-state index in [1.165, 1.54) is 17.4 Å². The molecule has 90 valence electrons. The quantitative estimate of drug-likeness (QED) is 0.565. The monoisotopic (exact) mass is 409 g/mol. The molecule has 1 aromatic rings. The second kappa shape index (κ2) is 5.99. The van der Waals surface area contributed by atoms with E-state index < -0.39 is 12.7 Å². The van der Waals surface area contributed by atoms with E-state index in [4.69, 9.17) is 0 Å². The normalized spacial score (nSPS) is 11.6. The van der Waals surface area contributed by atoms with Crippen LogP contribution in [-0.2, 0) is 0 Å². The molecule has 0 fully saturated rings. The summed E-state index contributed by atoms with van der Waals surface area (Å²) in [5.74, 6) is 0.312. The van der Waals surface area contributed by atoms with Gasteiger partial charge in [-0.3, -0.25) is 0 Å². The van der Waals surface area contributed by atoms with E-state index in [-0.39, 0.29) is 6.54 Å². The fourth-order valence-electron chi connectivity index (χ4n) is 1.12. The Kier molecular flexibility index (Phi) is 5.22. The molecule has 0 unspecified atom stereocenters. The molecular formula is C8H8BrF3IN3. The number of hydrogen-bond donors (Lipinski definition) is 0. The number of hydrogen-bond acceptors (Lipinski definition) is 3. The van der Waals surface area contributed by atoms with Crippen LogP contribution in [0, 0.1) is 3.57 Å². The molecule has 0 N–H and O–H groups in total. The molecule has 0 aliphatic carbocycles. The van der Waals surface area contributed by atoms with Crippen molar-refractivity contribution in [2.24, 2.45) is 0 Å². The van der Waals surface area contributed by atoms with Gasteiger partial charge in [0.2, 0.25) is 0 Å². The first-order chi connectivity index (χ1) is 7.44. The zero-order valence-electron chi connectivity index (χ0n) is 8.01. The molecule has 0 radical (unpaired) electrons. The number of alkyl halides is 4. The van der Waals surface area contributed by atoms with Crippen molar-refractivity contribution in [1.29, 1.82) is 0 Å². The largest absolute Gasteiger partial charge is 0.405 e. The lowest BCUT2D eigenvalue weighted by Gasteiger charge is -2.24. The van der Waals surface area contributed by atoms with Crippen molar-refractivity contribution in [3.63, 3.8) is 0 Å². The zero-order valence-corrected chi connectivity index (χ0v) is 11.8. The van der Waals surface area contributed by atoms with Gasteiger partial charge in [0.15, 0.2) is 0 Å². The summed E-state index contributed by atoms with van der Waals surface area (Å²) >= 11 is 5.04. The van der Waals surface area contributed by atoms with E-state index in [1.807, 2.05) is 22.6 Å². The van der Waals surface area contributed by atoms with Crippen LogP contribution in [0.25, 0.3) is 0 Å². The van der Waals surface area contributed by atoms with Gasteiger partial charge < -0.3 is 4.90 Å². The summed E-state index contributed by atoms with van der Waals surface area (Å²) in [4.78, 5) is 8.79. The average Bonchev–Trinajstić information content (AvgIpc) is 2.16. The van der Waals surface area contributed by atoms with Gasteiger partial charge >= 0.3 is 6.18 Å². The number of nitrogens with zero attached hydrogens (tertiary/aromatic N) is 3. The Labute approximate surface area is 113 Å². The van der Waals surface area contributed by atoms with Crippen molar-refractivity contribution >= 4 is 44.3 Å². The summed E-state index contributed by atoms with van der Waals surface area (Å²) in [6, 6.07) is 0. The van der Waals surface area contributed by atoms with E-state index in [2.05, 4.69) is 25.9 Å². The summed E-state index contributed by atoms with van der Waals surface area (Å²) in [5, 5.41) is 0.448. The number of rotatable bonds is 4. The van der Waals surface area contributed by atoms with Gasteiger partial charge in [-0.1, -0.05) is 15.9 Å². The molecule has 3 nitrogen and oxygen atoms in total. The van der Waals surface area contributed by atoms with Crippen LogP contribution in [0.15, 0.2) is 12.5 Å². The van der Waals surface area contributed by atoms with Crippen LogP contribution in [0.3, 0.4) is 0 Å². The van der Waals surface area contributed by atoms with Crippen LogP contribution in [0.2, 0.25) is 0 Å². The zero-order chi connectivity index (χ0) is 12.2. The number of anilines is 1. The van der Waals surface area contributed by atoms with Crippen molar-refractivity contribution in [2.75, 3.05) is 23.3 Å². The Bertz CT molecular complexity index is 348. The van der Waals surface area contributed by atoms with Crippen molar-refractivity contribution in [3.05, 3.63) is 16.1 Å². The van der Waals surface area contributed by atoms with Gasteiger partial charge in [-0.2, -0.15) is 13.2 Å². The maximum atomic E-state index is 12.3. The van der Waals surface area contributed by atoms with E-state index in [1.54, 1.807) is 0 Å². The molecule has 0 saturated carbocycles. The maximum Gasteiger partial charge on any atom is 0.405 e. The molecule has 0 saturated heterocycles. The number of aromatic nitrogens is 2. The first-order valence-corrected chi connectivity index (χ1v) is 6.47. The maximum absolute atomic E-state index is 12.3. The van der Waals surface area contributed by atoms with Crippen LogP contribution in [-0.4, -0.2) is 34.6 Å². The summed E-state index contributed by atoms with van der Waals surface area (Å²) < 4.78 is 37.6. The average molecular weight is 410 g/mol. The Morgan fingerprint density at radius 1 is 1.44 bits per heavy atom. The van der Waals surface area contributed by atoms with Crippen molar-refractivity contribution in [3.8, 4) is 0 Å². The summed E-state index contributed by atoms with van der Waals surface area (Å²) in [6.45, 7) is -0.766. The van der Waals surface area contributed by atoms with Crippen molar-refractivity contribution in [1.82, 2.24) is 9.97 Å². The van der Waals surface area contributed by atoms with Gasteiger partial charge in [-0.25, -0.2) is 9.97 Å². The minimum Gasteiger partial charge on any atom is -0.346 e. The molecule has 0 bridgehead atoms. The van der Waals surface area contributed by atoms with Gasteiger partial charge in [0.05, 0.1) is 3.57 Å². The molecule has 0 aromatic carbocycles. The second-order valence-electron chi connectivity index (χ2n) is 2.92. The standard InChI is InChI=1S/C8H8BrF3IN3/c9-1-2-16(4-8(10,11)12)7-6(13)3-14-5-15-7/h3,5H,1-2,4H2. The third-order valence-corrected chi connectivity index (χ3v) is 2.79. The predicted octanol–water partition coefficient (Wildman–Crippen LogP) is 2.84. The highest BCUT2D eigenvalue weighted by molar-refractivity contribution is 14.1.